The molecule has 0 aromatic carbocycles. The molecule has 0 fully saturated rings. The van der Waals surface area contributed by atoms with Gasteiger partial charge in [0, 0.05) is 24.7 Å². The maximum absolute atomic E-state index is 11.8. The number of nitrogens with zero attached hydrogens (tertiary/aromatic N) is 4. The molecule has 2 rings (SSSR count). The van der Waals surface area contributed by atoms with E-state index in [0.717, 1.165) is 17.6 Å². The minimum absolute atomic E-state index is 0.0122. The van der Waals surface area contributed by atoms with Crippen LogP contribution >= 0.6 is 0 Å². The van der Waals surface area contributed by atoms with Gasteiger partial charge in [-0.15, -0.1) is 5.10 Å². The number of hydrogen-bond donors (Lipinski definition) is 2. The third kappa shape index (κ3) is 2.44. The van der Waals surface area contributed by atoms with E-state index in [9.17, 15) is 8.42 Å². The van der Waals surface area contributed by atoms with E-state index in [0.29, 0.717) is 0 Å². The first-order valence-corrected chi connectivity index (χ1v) is 7.72. The quantitative estimate of drug-likeness (QED) is 0.837. The number of aryl methyl sites for hydroxylation is 2. The van der Waals surface area contributed by atoms with Crippen LogP contribution in [0.2, 0.25) is 0 Å². The van der Waals surface area contributed by atoms with Gasteiger partial charge in [-0.3, -0.25) is 0 Å². The first-order valence-electron chi connectivity index (χ1n) is 5.83. The van der Waals surface area contributed by atoms with Gasteiger partial charge in [0.15, 0.2) is 26.4 Å². The average Bonchev–Trinajstić information content (AvgIpc) is 2.64. The van der Waals surface area contributed by atoms with Gasteiger partial charge in [0.2, 0.25) is 0 Å². The van der Waals surface area contributed by atoms with Gasteiger partial charge in [0.05, 0.1) is 0 Å². The summed E-state index contributed by atoms with van der Waals surface area (Å²) in [6, 6.07) is 1.81. The van der Waals surface area contributed by atoms with Crippen molar-refractivity contribution in [2.24, 2.45) is 0 Å². The second-order valence-corrected chi connectivity index (χ2v) is 6.40. The molecule has 0 bridgehead atoms. The van der Waals surface area contributed by atoms with E-state index in [2.05, 4.69) is 20.4 Å². The van der Waals surface area contributed by atoms with E-state index in [-0.39, 0.29) is 22.5 Å². The minimum Gasteiger partial charge on any atom is -0.382 e. The van der Waals surface area contributed by atoms with Gasteiger partial charge >= 0.3 is 0 Å². The molecular formula is C11H16N6O2S. The van der Waals surface area contributed by atoms with Crippen molar-refractivity contribution in [2.45, 2.75) is 18.7 Å². The van der Waals surface area contributed by atoms with Gasteiger partial charge < -0.3 is 11.1 Å². The fourth-order valence-electron chi connectivity index (χ4n) is 1.90. The summed E-state index contributed by atoms with van der Waals surface area (Å²) in [4.78, 5) is 8.39. The highest BCUT2D eigenvalue weighted by atomic mass is 32.2. The monoisotopic (exact) mass is 296 g/mol. The van der Waals surface area contributed by atoms with Crippen LogP contribution in [0.15, 0.2) is 11.0 Å². The normalized spacial score (nSPS) is 11.6. The number of aromatic nitrogens is 4. The summed E-state index contributed by atoms with van der Waals surface area (Å²) in [6.45, 7) is 3.63. The van der Waals surface area contributed by atoms with Gasteiger partial charge in [-0.05, 0) is 19.9 Å². The largest absolute Gasteiger partial charge is 0.382 e. The van der Waals surface area contributed by atoms with E-state index >= 15 is 0 Å². The molecule has 2 heterocycles. The van der Waals surface area contributed by atoms with Gasteiger partial charge in [-0.25, -0.2) is 18.4 Å². The van der Waals surface area contributed by atoms with Crippen molar-refractivity contribution in [1.82, 2.24) is 19.7 Å². The van der Waals surface area contributed by atoms with Crippen molar-refractivity contribution in [3.05, 3.63) is 17.5 Å². The van der Waals surface area contributed by atoms with Crippen molar-refractivity contribution < 1.29 is 8.42 Å². The highest BCUT2D eigenvalue weighted by Crippen LogP contribution is 2.28. The fourth-order valence-corrected chi connectivity index (χ4v) is 2.86. The minimum atomic E-state index is -3.51. The third-order valence-electron chi connectivity index (χ3n) is 2.64. The molecule has 8 nitrogen and oxygen atoms in total. The lowest BCUT2D eigenvalue weighted by Crippen LogP contribution is -2.09. The van der Waals surface area contributed by atoms with Crippen molar-refractivity contribution in [1.29, 1.82) is 0 Å². The number of anilines is 2. The van der Waals surface area contributed by atoms with Gasteiger partial charge in [-0.1, -0.05) is 0 Å². The lowest BCUT2D eigenvalue weighted by Gasteiger charge is -2.04. The lowest BCUT2D eigenvalue weighted by atomic mass is 10.4. The summed E-state index contributed by atoms with van der Waals surface area (Å²) < 4.78 is 24.8. The summed E-state index contributed by atoms with van der Waals surface area (Å²) in [5, 5.41) is 6.84. The molecule has 0 amide bonds. The molecule has 20 heavy (non-hydrogen) atoms. The summed E-state index contributed by atoms with van der Waals surface area (Å²) >= 11 is 0. The maximum Gasteiger partial charge on any atom is 0.253 e. The zero-order valence-electron chi connectivity index (χ0n) is 11.7. The summed E-state index contributed by atoms with van der Waals surface area (Å²) in [7, 11) is -1.94. The van der Waals surface area contributed by atoms with Crippen LogP contribution in [0.5, 0.6) is 0 Å². The second-order valence-electron chi connectivity index (χ2n) is 4.45. The lowest BCUT2D eigenvalue weighted by molar-refractivity contribution is 0.602. The Morgan fingerprint density at radius 2 is 1.80 bits per heavy atom. The van der Waals surface area contributed by atoms with E-state index in [1.807, 2.05) is 13.8 Å². The molecule has 0 saturated carbocycles. The zero-order chi connectivity index (χ0) is 15.1. The van der Waals surface area contributed by atoms with Crippen molar-refractivity contribution in [3.63, 3.8) is 0 Å². The fraction of sp³-hybridized carbons (Fsp3) is 0.364. The third-order valence-corrected chi connectivity index (χ3v) is 3.79. The van der Waals surface area contributed by atoms with Crippen LogP contribution in [-0.4, -0.2) is 41.5 Å². The van der Waals surface area contributed by atoms with Crippen LogP contribution in [-0.2, 0) is 9.84 Å². The van der Waals surface area contributed by atoms with Crippen LogP contribution in [0.4, 0.5) is 11.6 Å². The van der Waals surface area contributed by atoms with Crippen LogP contribution in [0.25, 0.3) is 5.95 Å². The number of hydrogen-bond acceptors (Lipinski definition) is 7. The SMILES string of the molecule is CNc1nn(-c2nc(C)cc(C)n2)c(N)c1S(C)(=O)=O. The molecule has 0 saturated heterocycles. The zero-order valence-corrected chi connectivity index (χ0v) is 12.5. The van der Waals surface area contributed by atoms with Crippen molar-refractivity contribution in [2.75, 3.05) is 24.4 Å². The first kappa shape index (κ1) is 14.3. The number of nitrogens with one attached hydrogen (secondary N) is 1. The van der Waals surface area contributed by atoms with Crippen LogP contribution in [0.3, 0.4) is 0 Å². The summed E-state index contributed by atoms with van der Waals surface area (Å²) in [5.41, 5.74) is 7.39. The standard InChI is InChI=1S/C11H16N6O2S/c1-6-5-7(2)15-11(14-6)17-9(12)8(20(4,18)19)10(13-3)16-17/h5H,12H2,1-4H3,(H,13,16). The Labute approximate surface area is 117 Å². The number of nitrogen functional groups attached to an aromatic ring is 1. The van der Waals surface area contributed by atoms with Crippen LogP contribution in [0.1, 0.15) is 11.4 Å². The maximum atomic E-state index is 11.8. The van der Waals surface area contributed by atoms with E-state index in [1.165, 1.54) is 4.68 Å². The van der Waals surface area contributed by atoms with Gasteiger partial charge in [0.25, 0.3) is 5.95 Å². The highest BCUT2D eigenvalue weighted by Gasteiger charge is 2.25. The van der Waals surface area contributed by atoms with E-state index < -0.39 is 9.84 Å². The highest BCUT2D eigenvalue weighted by molar-refractivity contribution is 7.91. The van der Waals surface area contributed by atoms with Gasteiger partial charge in [-0.2, -0.15) is 4.68 Å². The number of sulfone groups is 1. The predicted molar refractivity (Wildman–Crippen MR) is 75.7 cm³/mol. The molecule has 9 heteroatoms. The molecule has 0 spiro atoms. The molecule has 0 aliphatic heterocycles. The summed E-state index contributed by atoms with van der Waals surface area (Å²) in [6.07, 6.45) is 1.08. The number of rotatable bonds is 3. The molecule has 0 aliphatic carbocycles. The smallest absolute Gasteiger partial charge is 0.253 e. The van der Waals surface area contributed by atoms with Crippen molar-refractivity contribution in [3.8, 4) is 5.95 Å². The predicted octanol–water partition coefficient (Wildman–Crippen LogP) is 0.307. The van der Waals surface area contributed by atoms with Crippen LogP contribution in [0, 0.1) is 13.8 Å². The molecule has 2 aromatic heterocycles. The summed E-state index contributed by atoms with van der Waals surface area (Å²) in [5.74, 6) is 0.404. The Bertz CT molecular complexity index is 745. The van der Waals surface area contributed by atoms with E-state index in [1.54, 1.807) is 13.1 Å². The Kier molecular flexibility index (Phi) is 3.38. The molecule has 3 N–H and O–H groups in total. The topological polar surface area (TPSA) is 116 Å². The molecule has 108 valence electrons. The second kappa shape index (κ2) is 4.75. The van der Waals surface area contributed by atoms with Crippen molar-refractivity contribution >= 4 is 21.5 Å². The molecule has 0 aliphatic rings. The Balaban J connectivity index is 2.73. The Hall–Kier alpha value is -2.16. The molecule has 0 unspecified atom stereocenters. The van der Waals surface area contributed by atoms with Gasteiger partial charge in [0.1, 0.15) is 0 Å². The van der Waals surface area contributed by atoms with Crippen LogP contribution < -0.4 is 11.1 Å². The molecule has 0 atom stereocenters. The molecular weight excluding hydrogens is 280 g/mol. The average molecular weight is 296 g/mol. The Morgan fingerprint density at radius 3 is 2.20 bits per heavy atom. The van der Waals surface area contributed by atoms with E-state index in [4.69, 9.17) is 5.73 Å². The molecule has 2 aromatic rings. The molecule has 0 radical (unpaired) electrons. The Morgan fingerprint density at radius 1 is 1.25 bits per heavy atom. The number of nitrogens with two attached hydrogens (primary N) is 1. The first-order chi connectivity index (χ1) is 9.24.